The summed E-state index contributed by atoms with van der Waals surface area (Å²) < 4.78 is 23.5. The predicted octanol–water partition coefficient (Wildman–Crippen LogP) is 0.409. The first-order chi connectivity index (χ1) is 17.4. The molecule has 2 heterocycles. The normalized spacial score (nSPS) is 25.7. The number of esters is 1. The van der Waals surface area contributed by atoms with Crippen LogP contribution in [-0.4, -0.2) is 62.3 Å². The van der Waals surface area contributed by atoms with Crippen molar-refractivity contribution in [2.45, 2.75) is 57.0 Å². The molecule has 3 rings (SSSR count). The Morgan fingerprint density at radius 2 is 2.00 bits per heavy atom. The average molecular weight is 554 g/mol. The number of aliphatic hydroxyl groups is 2. The maximum atomic E-state index is 12.4. The Morgan fingerprint density at radius 3 is 2.59 bits per heavy atom. The van der Waals surface area contributed by atoms with Crippen LogP contribution in [0, 0.1) is 12.3 Å². The minimum Gasteiger partial charge on any atom is -0.462 e. The van der Waals surface area contributed by atoms with Crippen LogP contribution in [0.2, 0.25) is 0 Å². The maximum Gasteiger partial charge on any atom is 0.330 e. The summed E-state index contributed by atoms with van der Waals surface area (Å²) in [7, 11) is 0. The number of carbonyl (C=O) groups is 1. The van der Waals surface area contributed by atoms with E-state index in [0.29, 0.717) is 5.75 Å². The maximum absolute atomic E-state index is 12.4. The minimum atomic E-state index is -3.49. The number of rotatable bonds is 10. The zero-order valence-electron chi connectivity index (χ0n) is 20.3. The van der Waals surface area contributed by atoms with E-state index in [1.54, 1.807) is 44.2 Å². The Kier molecular flexibility index (Phi) is 9.09. The van der Waals surface area contributed by atoms with Gasteiger partial charge in [0.15, 0.2) is 11.8 Å². The summed E-state index contributed by atoms with van der Waals surface area (Å²) in [5, 5.41) is 24.6. The molecule has 2 aromatic rings. The third-order valence-corrected chi connectivity index (χ3v) is 7.75. The van der Waals surface area contributed by atoms with Gasteiger partial charge in [-0.3, -0.25) is 19.1 Å². The average Bonchev–Trinajstić information content (AvgIpc) is 3.08. The molecule has 0 radical (unpaired) electrons. The summed E-state index contributed by atoms with van der Waals surface area (Å²) in [6, 6.07) is 8.60. The topological polar surface area (TPSA) is 161 Å². The smallest absolute Gasteiger partial charge is 0.330 e. The minimum absolute atomic E-state index is 0.355. The lowest BCUT2D eigenvalue weighted by Gasteiger charge is -2.28. The molecule has 0 amide bonds. The van der Waals surface area contributed by atoms with E-state index in [1.807, 2.05) is 4.98 Å². The molecule has 4 N–H and O–H groups in total. The molecule has 12 nitrogen and oxygen atoms in total. The van der Waals surface area contributed by atoms with Crippen LogP contribution >= 0.6 is 6.64 Å². The highest BCUT2D eigenvalue weighted by Gasteiger charge is 2.56. The second-order valence-corrected chi connectivity index (χ2v) is 11.6. The molecule has 1 saturated heterocycles. The lowest BCUT2D eigenvalue weighted by atomic mass is 9.95. The number of para-hydroxylation sites is 1. The molecule has 1 unspecified atom stereocenters. The zero-order chi connectivity index (χ0) is 27.4. The van der Waals surface area contributed by atoms with Crippen molar-refractivity contribution in [1.82, 2.24) is 14.6 Å². The van der Waals surface area contributed by atoms with Crippen LogP contribution in [0.1, 0.15) is 27.0 Å². The van der Waals surface area contributed by atoms with Gasteiger partial charge in [-0.2, -0.15) is 0 Å². The van der Waals surface area contributed by atoms with Gasteiger partial charge in [-0.15, -0.1) is 6.42 Å². The van der Waals surface area contributed by atoms with Crippen LogP contribution in [0.5, 0.6) is 5.75 Å². The predicted molar refractivity (Wildman–Crippen MR) is 136 cm³/mol. The Morgan fingerprint density at radius 1 is 1.32 bits per heavy atom. The van der Waals surface area contributed by atoms with Gasteiger partial charge in [0.25, 0.3) is 5.56 Å². The number of carbonyl (C=O) groups excluding carboxylic acids is 1. The van der Waals surface area contributed by atoms with Crippen LogP contribution in [0.4, 0.5) is 0 Å². The Labute approximate surface area is 217 Å². The van der Waals surface area contributed by atoms with Gasteiger partial charge in [0.1, 0.15) is 24.0 Å². The number of aromatic nitrogens is 2. The van der Waals surface area contributed by atoms with E-state index in [9.17, 15) is 24.6 Å². The van der Waals surface area contributed by atoms with Gasteiger partial charge in [-0.05, 0) is 44.7 Å². The Balaban J connectivity index is 1.84. The van der Waals surface area contributed by atoms with E-state index < -0.39 is 60.5 Å². The van der Waals surface area contributed by atoms with Crippen molar-refractivity contribution < 1.29 is 33.5 Å². The van der Waals surface area contributed by atoms with E-state index in [1.165, 1.54) is 6.92 Å². The molecular weight excluding hydrogens is 525 g/mol. The van der Waals surface area contributed by atoms with Crippen molar-refractivity contribution in [3.8, 4) is 18.1 Å². The molecule has 200 valence electrons. The monoisotopic (exact) mass is 553 g/mol. The fourth-order valence-corrected chi connectivity index (χ4v) is 5.87. The van der Waals surface area contributed by atoms with Crippen molar-refractivity contribution in [2.24, 2.45) is 0 Å². The first-order valence-electron chi connectivity index (χ1n) is 11.2. The van der Waals surface area contributed by atoms with Crippen LogP contribution in [-0.2, 0) is 30.6 Å². The summed E-state index contributed by atoms with van der Waals surface area (Å²) in [4.78, 5) is 38.1. The van der Waals surface area contributed by atoms with E-state index in [-0.39, 0.29) is 6.10 Å². The molecular formula is C23H28N3O9PS. The molecule has 37 heavy (non-hydrogen) atoms. The van der Waals surface area contributed by atoms with Crippen molar-refractivity contribution in [1.29, 1.82) is 0 Å². The molecule has 14 heteroatoms. The number of aromatic amines is 1. The van der Waals surface area contributed by atoms with Crippen molar-refractivity contribution >= 4 is 24.4 Å². The highest BCUT2D eigenvalue weighted by atomic mass is 32.5. The van der Waals surface area contributed by atoms with Crippen LogP contribution in [0.15, 0.2) is 52.2 Å². The number of ether oxygens (including phenoxy) is 2. The van der Waals surface area contributed by atoms with Crippen molar-refractivity contribution in [2.75, 3.05) is 6.61 Å². The highest BCUT2D eigenvalue weighted by molar-refractivity contribution is 8.09. The summed E-state index contributed by atoms with van der Waals surface area (Å²) in [5.41, 5.74) is -3.92. The molecule has 0 bridgehead atoms. The van der Waals surface area contributed by atoms with Gasteiger partial charge in [0.2, 0.25) is 0 Å². The van der Waals surface area contributed by atoms with E-state index in [0.717, 1.165) is 16.8 Å². The lowest BCUT2D eigenvalue weighted by molar-refractivity contribution is -0.149. The van der Waals surface area contributed by atoms with Crippen LogP contribution in [0.25, 0.3) is 0 Å². The molecule has 0 aliphatic carbocycles. The number of benzene rings is 1. The number of aliphatic hydroxyl groups excluding tert-OH is 1. The highest BCUT2D eigenvalue weighted by Crippen LogP contribution is 2.47. The number of H-pyrrole nitrogens is 1. The van der Waals surface area contributed by atoms with Crippen molar-refractivity contribution in [3.63, 3.8) is 0 Å². The standard InChI is InChI=1S/C23H28N3O9PS/c1-5-23(31)19(28)17(34-21(23)26-12-11-18(27)24-22(26)30)13-32-36(37,35-16-9-7-6-8-10-16)25-15(4)20(29)33-14(2)3/h1,6-12,14-15,17,19,21,28,31H,13H2,2-4H3,(H,25,37)(H,24,27,30)/t15-,17+,19+,21+,23+,36?/m0/s1. The van der Waals surface area contributed by atoms with Gasteiger partial charge in [0.05, 0.1) is 12.7 Å². The quantitative estimate of drug-likeness (QED) is 0.183. The second-order valence-electron chi connectivity index (χ2n) is 8.49. The summed E-state index contributed by atoms with van der Waals surface area (Å²) >= 11 is 5.62. The second kappa shape index (κ2) is 11.7. The van der Waals surface area contributed by atoms with Gasteiger partial charge >= 0.3 is 18.3 Å². The molecule has 1 aliphatic rings. The van der Waals surface area contributed by atoms with E-state index >= 15 is 0 Å². The number of hydrogen-bond donors (Lipinski definition) is 4. The number of nitrogens with zero attached hydrogens (tertiary/aromatic N) is 1. The number of terminal acetylenes is 1. The van der Waals surface area contributed by atoms with Crippen molar-refractivity contribution in [3.05, 3.63) is 63.4 Å². The third kappa shape index (κ3) is 6.74. The first kappa shape index (κ1) is 28.7. The molecule has 1 aliphatic heterocycles. The first-order valence-corrected chi connectivity index (χ1v) is 13.8. The zero-order valence-corrected chi connectivity index (χ0v) is 22.0. The Bertz CT molecular complexity index is 1310. The van der Waals surface area contributed by atoms with E-state index in [4.69, 9.17) is 36.8 Å². The molecule has 6 atom stereocenters. The molecule has 1 aromatic heterocycles. The fraction of sp³-hybridized carbons (Fsp3) is 0.435. The van der Waals surface area contributed by atoms with Gasteiger partial charge < -0.3 is 28.7 Å². The summed E-state index contributed by atoms with van der Waals surface area (Å²) in [5.74, 6) is 1.83. The van der Waals surface area contributed by atoms with Gasteiger partial charge in [-0.1, -0.05) is 24.1 Å². The molecule has 0 spiro atoms. The molecule has 1 aromatic carbocycles. The summed E-state index contributed by atoms with van der Waals surface area (Å²) in [6.07, 6.45) is 1.66. The number of nitrogens with one attached hydrogen (secondary N) is 2. The van der Waals surface area contributed by atoms with Gasteiger partial charge in [-0.25, -0.2) is 9.88 Å². The lowest BCUT2D eigenvalue weighted by Crippen LogP contribution is -2.48. The van der Waals surface area contributed by atoms with Crippen LogP contribution < -0.4 is 20.9 Å². The Hall–Kier alpha value is -2.82. The van der Waals surface area contributed by atoms with E-state index in [2.05, 4.69) is 11.0 Å². The summed E-state index contributed by atoms with van der Waals surface area (Å²) in [6.45, 7) is 1.000. The molecule has 0 saturated carbocycles. The van der Waals surface area contributed by atoms with Crippen LogP contribution in [0.3, 0.4) is 0 Å². The molecule has 1 fully saturated rings. The number of hydrogen-bond acceptors (Lipinski definition) is 10. The largest absolute Gasteiger partial charge is 0.462 e. The van der Waals surface area contributed by atoms with Gasteiger partial charge in [0, 0.05) is 12.3 Å². The SMILES string of the molecule is C#C[C@@]1(O)[C@H](O)[C@@H](COP(=S)(N[C@@H](C)C(=O)OC(C)C)Oc2ccccc2)O[C@H]1n1ccc(=O)[nH]c1=O. The third-order valence-electron chi connectivity index (χ3n) is 5.25. The fourth-order valence-electron chi connectivity index (χ4n) is 3.46.